The van der Waals surface area contributed by atoms with Crippen LogP contribution in [0.15, 0.2) is 0 Å². The first-order valence-corrected chi connectivity index (χ1v) is 4.23. The van der Waals surface area contributed by atoms with Gasteiger partial charge < -0.3 is 11.5 Å². The Balaban J connectivity index is 2.68. The summed E-state index contributed by atoms with van der Waals surface area (Å²) in [5, 5.41) is 12.2. The predicted octanol–water partition coefficient (Wildman–Crippen LogP) is -0.212. The number of nitrogen functional groups attached to an aromatic ring is 1. The highest BCUT2D eigenvalue weighted by Crippen LogP contribution is 2.17. The van der Waals surface area contributed by atoms with Gasteiger partial charge in [0.25, 0.3) is 0 Å². The van der Waals surface area contributed by atoms with Gasteiger partial charge in [-0.15, -0.1) is 15.3 Å². The Labute approximate surface area is 72.2 Å². The van der Waals surface area contributed by atoms with Crippen LogP contribution in [0.2, 0.25) is 0 Å². The van der Waals surface area contributed by atoms with Crippen LogP contribution in [0.3, 0.4) is 0 Å². The third-order valence-electron chi connectivity index (χ3n) is 1.44. The molecular formula is C5H8N6S. The van der Waals surface area contributed by atoms with Crippen LogP contribution >= 0.6 is 11.3 Å². The Morgan fingerprint density at radius 3 is 2.92 bits per heavy atom. The molecule has 0 bridgehead atoms. The summed E-state index contributed by atoms with van der Waals surface area (Å²) in [6.07, 6.45) is 0. The van der Waals surface area contributed by atoms with E-state index < -0.39 is 0 Å². The summed E-state index contributed by atoms with van der Waals surface area (Å²) in [5.41, 5.74) is 11.1. The van der Waals surface area contributed by atoms with E-state index in [4.69, 9.17) is 11.5 Å². The van der Waals surface area contributed by atoms with Crippen LogP contribution in [0, 0.1) is 0 Å². The average Bonchev–Trinajstić information content (AvgIpc) is 2.43. The van der Waals surface area contributed by atoms with Crippen molar-refractivity contribution in [3.8, 4) is 0 Å². The van der Waals surface area contributed by atoms with E-state index >= 15 is 0 Å². The van der Waals surface area contributed by atoms with E-state index in [-0.39, 0.29) is 6.04 Å². The predicted molar refractivity (Wildman–Crippen MR) is 45.7 cm³/mol. The molecule has 0 aromatic carbocycles. The molecule has 7 heteroatoms. The summed E-state index contributed by atoms with van der Waals surface area (Å²) in [5.74, 6) is 0.637. The molecule has 1 atom stereocenters. The molecule has 0 amide bonds. The lowest BCUT2D eigenvalue weighted by Crippen LogP contribution is -2.10. The molecule has 0 aliphatic carbocycles. The van der Waals surface area contributed by atoms with Crippen LogP contribution in [0.1, 0.15) is 18.8 Å². The molecule has 12 heavy (non-hydrogen) atoms. The lowest BCUT2D eigenvalue weighted by molar-refractivity contribution is 0.700. The molecule has 0 fully saturated rings. The first kappa shape index (κ1) is 7.44. The van der Waals surface area contributed by atoms with Gasteiger partial charge in [0, 0.05) is 0 Å². The number of hydrogen-bond donors (Lipinski definition) is 2. The second-order valence-electron chi connectivity index (χ2n) is 2.48. The molecule has 0 aliphatic rings. The molecule has 64 valence electrons. The van der Waals surface area contributed by atoms with Crippen LogP contribution in [0.5, 0.6) is 0 Å². The highest BCUT2D eigenvalue weighted by atomic mass is 32.1. The maximum Gasteiger partial charge on any atom is 0.236 e. The normalized spacial score (nSPS) is 13.8. The molecule has 1 unspecified atom stereocenters. The summed E-state index contributed by atoms with van der Waals surface area (Å²) < 4.78 is 1.57. The molecule has 0 radical (unpaired) electrons. The van der Waals surface area contributed by atoms with Gasteiger partial charge in [0.2, 0.25) is 10.1 Å². The highest BCUT2D eigenvalue weighted by Gasteiger charge is 2.12. The molecule has 2 rings (SSSR count). The van der Waals surface area contributed by atoms with Gasteiger partial charge in [-0.25, -0.2) is 0 Å². The molecule has 0 saturated carbocycles. The monoisotopic (exact) mass is 184 g/mol. The Kier molecular flexibility index (Phi) is 1.48. The second-order valence-corrected chi connectivity index (χ2v) is 3.47. The standard InChI is InChI=1S/C5H8N6S/c1-2(6)3-8-9-5-11(3)10-4(7)12-5/h2H,6H2,1H3,(H2,7,10). The van der Waals surface area contributed by atoms with Gasteiger partial charge in [0.05, 0.1) is 6.04 Å². The molecule has 0 spiro atoms. The maximum absolute atomic E-state index is 5.63. The minimum atomic E-state index is -0.179. The molecular weight excluding hydrogens is 176 g/mol. The Morgan fingerprint density at radius 2 is 2.25 bits per heavy atom. The van der Waals surface area contributed by atoms with Crippen LogP contribution in [0.25, 0.3) is 4.96 Å². The lowest BCUT2D eigenvalue weighted by atomic mass is 10.3. The van der Waals surface area contributed by atoms with Gasteiger partial charge in [-0.1, -0.05) is 11.3 Å². The van der Waals surface area contributed by atoms with Crippen molar-refractivity contribution in [3.63, 3.8) is 0 Å². The van der Waals surface area contributed by atoms with E-state index in [1.165, 1.54) is 11.3 Å². The molecule has 0 aliphatic heterocycles. The summed E-state index contributed by atoms with van der Waals surface area (Å²) in [4.78, 5) is 0.680. The van der Waals surface area contributed by atoms with Crippen molar-refractivity contribution in [2.24, 2.45) is 5.73 Å². The van der Waals surface area contributed by atoms with Crippen molar-refractivity contribution < 1.29 is 0 Å². The molecule has 2 aromatic rings. The number of fused-ring (bicyclic) bond motifs is 1. The van der Waals surface area contributed by atoms with Crippen LogP contribution in [-0.4, -0.2) is 19.8 Å². The highest BCUT2D eigenvalue weighted by molar-refractivity contribution is 7.20. The van der Waals surface area contributed by atoms with Crippen molar-refractivity contribution in [1.29, 1.82) is 0 Å². The average molecular weight is 184 g/mol. The summed E-state index contributed by atoms with van der Waals surface area (Å²) >= 11 is 1.29. The minimum Gasteiger partial charge on any atom is -0.374 e. The fourth-order valence-corrected chi connectivity index (χ4v) is 1.54. The number of nitrogens with two attached hydrogens (primary N) is 2. The van der Waals surface area contributed by atoms with Crippen molar-refractivity contribution >= 4 is 21.4 Å². The summed E-state index contributed by atoms with van der Waals surface area (Å²) in [6, 6.07) is -0.179. The van der Waals surface area contributed by atoms with Gasteiger partial charge >= 0.3 is 0 Å². The van der Waals surface area contributed by atoms with Crippen molar-refractivity contribution in [2.45, 2.75) is 13.0 Å². The number of rotatable bonds is 1. The molecule has 0 saturated heterocycles. The minimum absolute atomic E-state index is 0.179. The first-order chi connectivity index (χ1) is 5.68. The molecule has 2 heterocycles. The quantitative estimate of drug-likeness (QED) is 0.639. The van der Waals surface area contributed by atoms with Crippen LogP contribution in [0.4, 0.5) is 5.13 Å². The van der Waals surface area contributed by atoms with Gasteiger partial charge in [0.1, 0.15) is 0 Å². The maximum atomic E-state index is 5.63. The third-order valence-corrected chi connectivity index (χ3v) is 2.17. The molecule has 6 nitrogen and oxygen atoms in total. The fraction of sp³-hybridized carbons (Fsp3) is 0.400. The topological polar surface area (TPSA) is 95.1 Å². The smallest absolute Gasteiger partial charge is 0.236 e. The zero-order valence-corrected chi connectivity index (χ0v) is 7.25. The third kappa shape index (κ3) is 0.942. The van der Waals surface area contributed by atoms with Gasteiger partial charge in [-0.3, -0.25) is 0 Å². The second kappa shape index (κ2) is 2.39. The zero-order valence-electron chi connectivity index (χ0n) is 6.43. The Bertz CT molecular complexity index is 401. The fourth-order valence-electron chi connectivity index (χ4n) is 0.931. The van der Waals surface area contributed by atoms with Gasteiger partial charge in [0.15, 0.2) is 5.82 Å². The molecule has 2 aromatic heterocycles. The van der Waals surface area contributed by atoms with Gasteiger partial charge in [-0.2, -0.15) is 4.52 Å². The number of nitrogens with zero attached hydrogens (tertiary/aromatic N) is 4. The Hall–Kier alpha value is -1.21. The van der Waals surface area contributed by atoms with Gasteiger partial charge in [-0.05, 0) is 6.92 Å². The molecule has 4 N–H and O–H groups in total. The SMILES string of the molecule is CC(N)c1nnc2sc(N)nn12. The summed E-state index contributed by atoms with van der Waals surface area (Å²) in [7, 11) is 0. The first-order valence-electron chi connectivity index (χ1n) is 3.41. The number of hydrogen-bond acceptors (Lipinski definition) is 6. The van der Waals surface area contributed by atoms with E-state index in [2.05, 4.69) is 15.3 Å². The van der Waals surface area contributed by atoms with Crippen LogP contribution in [-0.2, 0) is 0 Å². The lowest BCUT2D eigenvalue weighted by Gasteiger charge is -1.97. The number of anilines is 1. The van der Waals surface area contributed by atoms with Crippen LogP contribution < -0.4 is 11.5 Å². The van der Waals surface area contributed by atoms with E-state index in [1.54, 1.807) is 4.52 Å². The van der Waals surface area contributed by atoms with E-state index in [1.807, 2.05) is 6.92 Å². The van der Waals surface area contributed by atoms with E-state index in [0.717, 1.165) is 0 Å². The largest absolute Gasteiger partial charge is 0.374 e. The summed E-state index contributed by atoms with van der Waals surface area (Å²) in [6.45, 7) is 1.83. The zero-order chi connectivity index (χ0) is 8.72. The van der Waals surface area contributed by atoms with Crippen molar-refractivity contribution in [3.05, 3.63) is 5.82 Å². The van der Waals surface area contributed by atoms with E-state index in [0.29, 0.717) is 15.9 Å². The van der Waals surface area contributed by atoms with Crippen molar-refractivity contribution in [1.82, 2.24) is 19.8 Å². The van der Waals surface area contributed by atoms with E-state index in [9.17, 15) is 0 Å². The van der Waals surface area contributed by atoms with Crippen molar-refractivity contribution in [2.75, 3.05) is 5.73 Å². The number of aromatic nitrogens is 4. The Morgan fingerprint density at radius 1 is 1.50 bits per heavy atom.